The number of aliphatic imine (C=N–C) groups is 1. The molecule has 0 saturated carbocycles. The molecule has 8 nitrogen and oxygen atoms in total. The summed E-state index contributed by atoms with van der Waals surface area (Å²) in [5, 5.41) is 2.56. The molecule has 1 heterocycles. The first-order valence-electron chi connectivity index (χ1n) is 7.45. The highest BCUT2D eigenvalue weighted by Gasteiger charge is 2.12. The number of carbonyl (C=O) groups is 2. The summed E-state index contributed by atoms with van der Waals surface area (Å²) in [5.41, 5.74) is 13.3. The zero-order valence-corrected chi connectivity index (χ0v) is 13.4. The van der Waals surface area contributed by atoms with Gasteiger partial charge < -0.3 is 21.6 Å². The van der Waals surface area contributed by atoms with Crippen LogP contribution in [0.2, 0.25) is 0 Å². The lowest BCUT2D eigenvalue weighted by atomic mass is 10.1. The molecule has 0 unspecified atom stereocenters. The number of nitrogen functional groups attached to an aromatic ring is 1. The number of nitrogens with two attached hydrogens (primary N) is 2. The highest BCUT2D eigenvalue weighted by molar-refractivity contribution is 6.00. The summed E-state index contributed by atoms with van der Waals surface area (Å²) in [5.74, 6) is -0.498. The fraction of sp³-hybridized carbons (Fsp3) is 0.118. The van der Waals surface area contributed by atoms with Gasteiger partial charge in [0.2, 0.25) is 0 Å². The number of hydrogen-bond donors (Lipinski definition) is 3. The summed E-state index contributed by atoms with van der Waals surface area (Å²) in [6, 6.07) is 7.53. The first-order chi connectivity index (χ1) is 12.1. The van der Waals surface area contributed by atoms with Gasteiger partial charge in [-0.1, -0.05) is 24.3 Å². The second-order valence-corrected chi connectivity index (χ2v) is 5.03. The van der Waals surface area contributed by atoms with Crippen molar-refractivity contribution >= 4 is 24.2 Å². The molecule has 0 fully saturated rings. The van der Waals surface area contributed by atoms with Crippen LogP contribution in [-0.2, 0) is 17.8 Å². The number of hydrogen-bond acceptors (Lipinski definition) is 7. The molecule has 0 aliphatic heterocycles. The number of allylic oxidation sites excluding steroid dienone is 1. The van der Waals surface area contributed by atoms with E-state index >= 15 is 0 Å². The molecule has 1 aromatic heterocycles. The number of aldehydes is 1. The van der Waals surface area contributed by atoms with Crippen molar-refractivity contribution in [1.82, 2.24) is 15.3 Å². The van der Waals surface area contributed by atoms with Crippen molar-refractivity contribution in [2.24, 2.45) is 10.7 Å². The SMILES string of the molecule is NC=C(C=NCc1cccc(CC=O)c1)NC(=O)c1nccnc1N. The molecular weight excluding hydrogens is 320 g/mol. The van der Waals surface area contributed by atoms with Crippen molar-refractivity contribution in [3.05, 3.63) is 65.4 Å². The highest BCUT2D eigenvalue weighted by atomic mass is 16.2. The Morgan fingerprint density at radius 3 is 2.72 bits per heavy atom. The molecule has 1 aromatic carbocycles. The predicted octanol–water partition coefficient (Wildman–Crippen LogP) is 0.601. The molecule has 2 rings (SSSR count). The summed E-state index contributed by atoms with van der Waals surface area (Å²) in [6.45, 7) is 0.382. The number of amides is 1. The van der Waals surface area contributed by atoms with Crippen LogP contribution in [0.25, 0.3) is 0 Å². The largest absolute Gasteiger partial charge is 0.403 e. The molecule has 25 heavy (non-hydrogen) atoms. The van der Waals surface area contributed by atoms with Crippen molar-refractivity contribution in [2.45, 2.75) is 13.0 Å². The van der Waals surface area contributed by atoms with Gasteiger partial charge in [0.1, 0.15) is 6.29 Å². The summed E-state index contributed by atoms with van der Waals surface area (Å²) < 4.78 is 0. The molecule has 8 heteroatoms. The van der Waals surface area contributed by atoms with Crippen molar-refractivity contribution in [3.8, 4) is 0 Å². The highest BCUT2D eigenvalue weighted by Crippen LogP contribution is 2.07. The average molecular weight is 338 g/mol. The molecule has 1 amide bonds. The first kappa shape index (κ1) is 17.8. The molecule has 5 N–H and O–H groups in total. The minimum Gasteiger partial charge on any atom is -0.403 e. The van der Waals surface area contributed by atoms with Gasteiger partial charge in [0, 0.05) is 31.2 Å². The van der Waals surface area contributed by atoms with E-state index in [4.69, 9.17) is 11.5 Å². The zero-order valence-electron chi connectivity index (χ0n) is 13.4. The maximum Gasteiger partial charge on any atom is 0.278 e. The maximum atomic E-state index is 12.1. The van der Waals surface area contributed by atoms with Gasteiger partial charge in [0.25, 0.3) is 5.91 Å². The fourth-order valence-corrected chi connectivity index (χ4v) is 2.03. The van der Waals surface area contributed by atoms with Crippen LogP contribution in [0.1, 0.15) is 21.6 Å². The van der Waals surface area contributed by atoms with E-state index in [0.29, 0.717) is 18.7 Å². The monoisotopic (exact) mass is 338 g/mol. The van der Waals surface area contributed by atoms with Gasteiger partial charge in [0.15, 0.2) is 11.5 Å². The summed E-state index contributed by atoms with van der Waals surface area (Å²) in [7, 11) is 0. The van der Waals surface area contributed by atoms with Gasteiger partial charge in [-0.2, -0.15) is 0 Å². The van der Waals surface area contributed by atoms with E-state index in [1.54, 1.807) is 0 Å². The molecule has 0 radical (unpaired) electrons. The van der Waals surface area contributed by atoms with Gasteiger partial charge in [-0.25, -0.2) is 9.97 Å². The Kier molecular flexibility index (Phi) is 6.35. The van der Waals surface area contributed by atoms with Crippen LogP contribution in [0.4, 0.5) is 5.82 Å². The van der Waals surface area contributed by atoms with Crippen molar-refractivity contribution in [2.75, 3.05) is 5.73 Å². The van der Waals surface area contributed by atoms with Gasteiger partial charge in [-0.05, 0) is 11.1 Å². The minimum atomic E-state index is -0.526. The Labute approximate surface area is 144 Å². The zero-order chi connectivity index (χ0) is 18.1. The number of nitrogens with zero attached hydrogens (tertiary/aromatic N) is 3. The van der Waals surface area contributed by atoms with E-state index in [1.807, 2.05) is 24.3 Å². The van der Waals surface area contributed by atoms with Crippen LogP contribution >= 0.6 is 0 Å². The summed E-state index contributed by atoms with van der Waals surface area (Å²) in [6.07, 6.45) is 6.64. The number of benzene rings is 1. The smallest absolute Gasteiger partial charge is 0.278 e. The van der Waals surface area contributed by atoms with Crippen LogP contribution in [0, 0.1) is 0 Å². The molecule has 0 saturated heterocycles. The lowest BCUT2D eigenvalue weighted by molar-refractivity contribution is -0.107. The van der Waals surface area contributed by atoms with Crippen LogP contribution < -0.4 is 16.8 Å². The summed E-state index contributed by atoms with van der Waals surface area (Å²) >= 11 is 0. The van der Waals surface area contributed by atoms with E-state index in [1.165, 1.54) is 24.8 Å². The van der Waals surface area contributed by atoms with E-state index in [-0.39, 0.29) is 11.5 Å². The Morgan fingerprint density at radius 2 is 2.00 bits per heavy atom. The molecule has 0 spiro atoms. The van der Waals surface area contributed by atoms with E-state index in [0.717, 1.165) is 17.4 Å². The molecular formula is C17H18N6O2. The second-order valence-electron chi connectivity index (χ2n) is 5.03. The van der Waals surface area contributed by atoms with E-state index in [9.17, 15) is 9.59 Å². The first-order valence-corrected chi connectivity index (χ1v) is 7.45. The van der Waals surface area contributed by atoms with Crippen LogP contribution in [0.5, 0.6) is 0 Å². The quantitative estimate of drug-likeness (QED) is 0.499. The fourth-order valence-electron chi connectivity index (χ4n) is 2.03. The van der Waals surface area contributed by atoms with Crippen molar-refractivity contribution < 1.29 is 9.59 Å². The Bertz CT molecular complexity index is 816. The topological polar surface area (TPSA) is 136 Å². The third kappa shape index (κ3) is 5.24. The third-order valence-electron chi connectivity index (χ3n) is 3.19. The van der Waals surface area contributed by atoms with Gasteiger partial charge >= 0.3 is 0 Å². The van der Waals surface area contributed by atoms with E-state index < -0.39 is 5.91 Å². The third-order valence-corrected chi connectivity index (χ3v) is 3.19. The molecule has 0 bridgehead atoms. The number of rotatable bonds is 7. The number of aromatic nitrogens is 2. The van der Waals surface area contributed by atoms with Gasteiger partial charge in [-0.3, -0.25) is 9.79 Å². The Hall–Kier alpha value is -3.55. The van der Waals surface area contributed by atoms with Crippen molar-refractivity contribution in [3.63, 3.8) is 0 Å². The lowest BCUT2D eigenvalue weighted by Crippen LogP contribution is -2.26. The normalized spacial score (nSPS) is 11.4. The molecule has 128 valence electrons. The number of anilines is 1. The minimum absolute atomic E-state index is 0.0109. The molecule has 0 atom stereocenters. The van der Waals surface area contributed by atoms with E-state index in [2.05, 4.69) is 20.3 Å². The van der Waals surface area contributed by atoms with Crippen LogP contribution in [-0.4, -0.2) is 28.4 Å². The Balaban J connectivity index is 1.99. The Morgan fingerprint density at radius 1 is 1.24 bits per heavy atom. The van der Waals surface area contributed by atoms with Crippen LogP contribution in [0.15, 0.2) is 53.5 Å². The van der Waals surface area contributed by atoms with Crippen molar-refractivity contribution in [1.29, 1.82) is 0 Å². The number of carbonyl (C=O) groups excluding carboxylic acids is 2. The molecule has 2 aromatic rings. The summed E-state index contributed by atoms with van der Waals surface area (Å²) in [4.78, 5) is 34.6. The lowest BCUT2D eigenvalue weighted by Gasteiger charge is -2.06. The predicted molar refractivity (Wildman–Crippen MR) is 94.6 cm³/mol. The van der Waals surface area contributed by atoms with Gasteiger partial charge in [-0.15, -0.1) is 0 Å². The molecule has 0 aliphatic carbocycles. The standard InChI is InChI=1S/C17H18N6O2/c18-9-14(23-17(25)15-16(19)22-6-5-21-15)11-20-10-13-3-1-2-12(8-13)4-7-24/h1-3,5-9,11H,4,10,18H2,(H2,19,22)(H,23,25). The average Bonchev–Trinajstić information content (AvgIpc) is 2.61. The maximum absolute atomic E-state index is 12.1. The number of nitrogens with one attached hydrogen (secondary N) is 1. The van der Waals surface area contributed by atoms with Crippen LogP contribution in [0.3, 0.4) is 0 Å². The second kappa shape index (κ2) is 8.92. The molecule has 0 aliphatic rings. The van der Waals surface area contributed by atoms with Gasteiger partial charge in [0.05, 0.1) is 12.2 Å².